The van der Waals surface area contributed by atoms with Gasteiger partial charge in [0.25, 0.3) is 0 Å². The minimum Gasteiger partial charge on any atom is -0.0887 e. The molecule has 0 nitrogen and oxygen atoms in total. The number of hydrogen-bond donors (Lipinski definition) is 0. The molecular formula is C18H14B2. The second kappa shape index (κ2) is 4.41. The van der Waals surface area contributed by atoms with Gasteiger partial charge in [-0.05, 0) is 58.5 Å². The molecule has 0 fully saturated rings. The van der Waals surface area contributed by atoms with E-state index in [-0.39, 0.29) is 5.82 Å². The fourth-order valence-corrected chi connectivity index (χ4v) is 3.60. The zero-order valence-electron chi connectivity index (χ0n) is 11.4. The first-order chi connectivity index (χ1) is 9.75. The van der Waals surface area contributed by atoms with Crippen molar-refractivity contribution in [2.75, 3.05) is 0 Å². The highest BCUT2D eigenvalue weighted by Gasteiger charge is 2.25. The summed E-state index contributed by atoms with van der Waals surface area (Å²) < 4.78 is 0. The first kappa shape index (κ1) is 12.1. The molecule has 0 heterocycles. The Morgan fingerprint density at radius 3 is 2.80 bits per heavy atom. The third-order valence-electron chi connectivity index (χ3n) is 4.55. The van der Waals surface area contributed by atoms with Crippen molar-refractivity contribution in [2.24, 2.45) is 0 Å². The molecule has 2 aromatic rings. The van der Waals surface area contributed by atoms with E-state index in [2.05, 4.69) is 42.5 Å². The Morgan fingerprint density at radius 1 is 1.05 bits per heavy atom. The Labute approximate surface area is 122 Å². The van der Waals surface area contributed by atoms with Gasteiger partial charge in [-0.25, -0.2) is 0 Å². The highest BCUT2D eigenvalue weighted by Crippen LogP contribution is 2.41. The monoisotopic (exact) mass is 252 g/mol. The normalized spacial score (nSPS) is 19.1. The molecule has 1 atom stereocenters. The third kappa shape index (κ3) is 1.64. The summed E-state index contributed by atoms with van der Waals surface area (Å²) in [5.41, 5.74) is 8.70. The molecule has 0 N–H and O–H groups in total. The third-order valence-corrected chi connectivity index (χ3v) is 4.55. The summed E-state index contributed by atoms with van der Waals surface area (Å²) in [7, 11) is 12.7. The van der Waals surface area contributed by atoms with Crippen molar-refractivity contribution in [3.05, 3.63) is 58.7 Å². The molecule has 20 heavy (non-hydrogen) atoms. The first-order valence-corrected chi connectivity index (χ1v) is 7.21. The van der Waals surface area contributed by atoms with E-state index >= 15 is 0 Å². The fraction of sp³-hybridized carbons (Fsp3) is 0.222. The maximum atomic E-state index is 6.38. The molecule has 2 aromatic carbocycles. The van der Waals surface area contributed by atoms with Crippen molar-refractivity contribution >= 4 is 27.2 Å². The molecule has 0 saturated carbocycles. The minimum absolute atomic E-state index is 0.0948. The zero-order chi connectivity index (χ0) is 13.7. The van der Waals surface area contributed by atoms with Crippen LogP contribution in [0.15, 0.2) is 36.4 Å². The van der Waals surface area contributed by atoms with Gasteiger partial charge in [0, 0.05) is 0 Å². The van der Waals surface area contributed by atoms with E-state index in [4.69, 9.17) is 15.7 Å². The number of fused-ring (bicyclic) bond motifs is 5. The molecule has 1 unspecified atom stereocenters. The van der Waals surface area contributed by atoms with E-state index in [1.165, 1.54) is 33.4 Å². The summed E-state index contributed by atoms with van der Waals surface area (Å²) in [4.78, 5) is 0. The van der Waals surface area contributed by atoms with Crippen LogP contribution in [0, 0.1) is 0 Å². The van der Waals surface area contributed by atoms with Gasteiger partial charge in [-0.3, -0.25) is 0 Å². The van der Waals surface area contributed by atoms with Crippen LogP contribution in [-0.4, -0.2) is 15.7 Å². The van der Waals surface area contributed by atoms with Gasteiger partial charge in [0.15, 0.2) is 0 Å². The molecule has 92 valence electrons. The molecule has 0 bridgehead atoms. The lowest BCUT2D eigenvalue weighted by Gasteiger charge is -2.30. The average Bonchev–Trinajstić information content (AvgIpc) is 2.49. The largest absolute Gasteiger partial charge is 0.114 e. The van der Waals surface area contributed by atoms with Crippen LogP contribution in [0.1, 0.15) is 34.5 Å². The van der Waals surface area contributed by atoms with E-state index in [9.17, 15) is 0 Å². The summed E-state index contributed by atoms with van der Waals surface area (Å²) in [5.74, 6) is 0.0948. The summed E-state index contributed by atoms with van der Waals surface area (Å²) in [6.07, 6.45) is 7.47. The topological polar surface area (TPSA) is 0 Å². The Balaban J connectivity index is 2.05. The van der Waals surface area contributed by atoms with Crippen molar-refractivity contribution in [1.82, 2.24) is 0 Å². The molecule has 4 radical (unpaired) electrons. The predicted octanol–water partition coefficient (Wildman–Crippen LogP) is 2.87. The van der Waals surface area contributed by atoms with Crippen LogP contribution in [0.2, 0.25) is 0 Å². The molecule has 0 aliphatic heterocycles. The summed E-state index contributed by atoms with van der Waals surface area (Å²) in [5, 5.41) is 0. The zero-order valence-corrected chi connectivity index (χ0v) is 11.4. The van der Waals surface area contributed by atoms with Crippen molar-refractivity contribution in [1.29, 1.82) is 0 Å². The van der Waals surface area contributed by atoms with Crippen molar-refractivity contribution < 1.29 is 0 Å². The minimum atomic E-state index is 0.0948. The highest BCUT2D eigenvalue weighted by atomic mass is 14.3. The van der Waals surface area contributed by atoms with Gasteiger partial charge >= 0.3 is 0 Å². The van der Waals surface area contributed by atoms with Gasteiger partial charge in [-0.2, -0.15) is 0 Å². The van der Waals surface area contributed by atoms with Crippen LogP contribution in [0.5, 0.6) is 0 Å². The van der Waals surface area contributed by atoms with Gasteiger partial charge < -0.3 is 0 Å². The Morgan fingerprint density at radius 2 is 1.90 bits per heavy atom. The molecule has 4 rings (SSSR count). The SMILES string of the molecule is [B]c1cc2c(c3c1C=CCC3)CC([B])c1ccccc1-2. The lowest BCUT2D eigenvalue weighted by molar-refractivity contribution is 0.864. The first-order valence-electron chi connectivity index (χ1n) is 7.21. The van der Waals surface area contributed by atoms with Crippen molar-refractivity contribution in [3.8, 4) is 11.1 Å². The molecule has 0 saturated heterocycles. The Kier molecular flexibility index (Phi) is 2.66. The number of rotatable bonds is 0. The molecule has 0 spiro atoms. The average molecular weight is 252 g/mol. The standard InChI is InChI=1S/C18H14B2/c19-17-10-16-12-6-2-4-8-14(12)18(20)9-15(16)11-5-1-3-7-13(11)17/h1,3-5,7-9,17H,2,6,10H2. The summed E-state index contributed by atoms with van der Waals surface area (Å²) in [6.45, 7) is 0. The van der Waals surface area contributed by atoms with Crippen LogP contribution >= 0.6 is 0 Å². The van der Waals surface area contributed by atoms with E-state index in [0.717, 1.165) is 24.7 Å². The van der Waals surface area contributed by atoms with Crippen molar-refractivity contribution in [2.45, 2.75) is 25.1 Å². The maximum absolute atomic E-state index is 6.38. The second-order valence-electron chi connectivity index (χ2n) is 5.72. The Bertz CT molecular complexity index is 728. The van der Waals surface area contributed by atoms with Crippen LogP contribution in [0.25, 0.3) is 17.2 Å². The number of hydrogen-bond acceptors (Lipinski definition) is 0. The van der Waals surface area contributed by atoms with Gasteiger partial charge in [0.1, 0.15) is 7.85 Å². The van der Waals surface area contributed by atoms with Crippen LogP contribution in [0.4, 0.5) is 0 Å². The smallest absolute Gasteiger partial charge is 0.0887 e. The lowest BCUT2D eigenvalue weighted by Crippen LogP contribution is -2.21. The quantitative estimate of drug-likeness (QED) is 0.632. The van der Waals surface area contributed by atoms with Crippen LogP contribution in [0.3, 0.4) is 0 Å². The van der Waals surface area contributed by atoms with Gasteiger partial charge in [-0.15, -0.1) is 0 Å². The fourth-order valence-electron chi connectivity index (χ4n) is 3.60. The summed E-state index contributed by atoms with van der Waals surface area (Å²) in [6, 6.07) is 10.6. The lowest BCUT2D eigenvalue weighted by atomic mass is 9.66. The molecule has 0 aromatic heterocycles. The van der Waals surface area contributed by atoms with Crippen LogP contribution < -0.4 is 5.46 Å². The second-order valence-corrected chi connectivity index (χ2v) is 5.72. The molecule has 2 heteroatoms. The Hall–Kier alpha value is -1.69. The van der Waals surface area contributed by atoms with Gasteiger partial charge in [-0.1, -0.05) is 47.9 Å². The highest BCUT2D eigenvalue weighted by molar-refractivity contribution is 6.35. The van der Waals surface area contributed by atoms with Crippen LogP contribution in [-0.2, 0) is 12.8 Å². The molecular weight excluding hydrogens is 238 g/mol. The summed E-state index contributed by atoms with van der Waals surface area (Å²) >= 11 is 0. The number of benzene rings is 2. The van der Waals surface area contributed by atoms with Gasteiger partial charge in [0.2, 0.25) is 0 Å². The van der Waals surface area contributed by atoms with Crippen molar-refractivity contribution in [3.63, 3.8) is 0 Å². The predicted molar refractivity (Wildman–Crippen MR) is 86.8 cm³/mol. The van der Waals surface area contributed by atoms with Gasteiger partial charge in [0.05, 0.1) is 7.85 Å². The van der Waals surface area contributed by atoms with E-state index in [0.29, 0.717) is 0 Å². The van der Waals surface area contributed by atoms with E-state index < -0.39 is 0 Å². The molecule has 2 aliphatic rings. The van der Waals surface area contributed by atoms with E-state index in [1.807, 2.05) is 0 Å². The van der Waals surface area contributed by atoms with E-state index in [1.54, 1.807) is 0 Å². The maximum Gasteiger partial charge on any atom is 0.114 e. The molecule has 0 amide bonds. The number of allylic oxidation sites excluding steroid dienone is 1. The molecule has 2 aliphatic carbocycles.